The lowest BCUT2D eigenvalue weighted by atomic mass is 10.3. The Bertz CT molecular complexity index is 609. The number of piperazine rings is 1. The van der Waals surface area contributed by atoms with Crippen molar-refractivity contribution in [3.8, 4) is 0 Å². The highest BCUT2D eigenvalue weighted by Crippen LogP contribution is 2.35. The summed E-state index contributed by atoms with van der Waals surface area (Å²) in [6.45, 7) is 6.91. The van der Waals surface area contributed by atoms with Crippen LogP contribution in [0.4, 0.5) is 5.82 Å². The van der Waals surface area contributed by atoms with Gasteiger partial charge in [-0.1, -0.05) is 5.16 Å². The molecule has 2 aromatic heterocycles. The van der Waals surface area contributed by atoms with Crippen LogP contribution in [0.5, 0.6) is 0 Å². The van der Waals surface area contributed by atoms with Crippen molar-refractivity contribution in [1.29, 1.82) is 0 Å². The van der Waals surface area contributed by atoms with Gasteiger partial charge in [0.1, 0.15) is 5.69 Å². The summed E-state index contributed by atoms with van der Waals surface area (Å²) in [6.07, 6.45) is 6.59. The van der Waals surface area contributed by atoms with Crippen LogP contribution in [0.15, 0.2) is 17.2 Å². The monoisotopic (exact) mass is 288 g/mol. The van der Waals surface area contributed by atoms with Crippen molar-refractivity contribution in [2.24, 2.45) is 0 Å². The Morgan fingerprint density at radius 3 is 2.67 bits per heavy atom. The summed E-state index contributed by atoms with van der Waals surface area (Å²) in [4.78, 5) is 9.04. The van der Waals surface area contributed by atoms with Crippen molar-refractivity contribution < 1.29 is 4.63 Å². The highest BCUT2D eigenvalue weighted by molar-refractivity contribution is 5.41. The largest absolute Gasteiger partial charge is 0.350 e. The Balaban J connectivity index is 1.37. The minimum absolute atomic E-state index is 0.702. The van der Waals surface area contributed by atoms with E-state index in [4.69, 9.17) is 4.63 Å². The number of aryl methyl sites for hydroxylation is 1. The molecule has 0 unspecified atom stereocenters. The van der Waals surface area contributed by atoms with Gasteiger partial charge >= 0.3 is 0 Å². The molecule has 0 atom stereocenters. The average molecular weight is 288 g/mol. The summed E-state index contributed by atoms with van der Waals surface area (Å²) in [5.74, 6) is 0.887. The molecule has 21 heavy (non-hydrogen) atoms. The molecule has 0 bridgehead atoms. The SMILES string of the molecule is Cc1nonc1N1CCN(Cc2cncn2C2CC2)CC1. The third-order valence-corrected chi connectivity index (χ3v) is 4.37. The lowest BCUT2D eigenvalue weighted by Gasteiger charge is -2.34. The second-order valence-corrected chi connectivity index (χ2v) is 5.96. The maximum Gasteiger partial charge on any atom is 0.196 e. The fourth-order valence-electron chi connectivity index (χ4n) is 3.00. The van der Waals surface area contributed by atoms with E-state index in [2.05, 4.69) is 29.7 Å². The molecular formula is C14H20N6O. The Morgan fingerprint density at radius 2 is 2.00 bits per heavy atom. The van der Waals surface area contributed by atoms with Crippen LogP contribution in [-0.4, -0.2) is 50.9 Å². The highest BCUT2D eigenvalue weighted by atomic mass is 16.6. The van der Waals surface area contributed by atoms with Gasteiger partial charge in [-0.3, -0.25) is 4.90 Å². The third kappa shape index (κ3) is 2.53. The van der Waals surface area contributed by atoms with Gasteiger partial charge in [0.05, 0.1) is 12.0 Å². The molecule has 112 valence electrons. The van der Waals surface area contributed by atoms with Crippen LogP contribution in [0.2, 0.25) is 0 Å². The van der Waals surface area contributed by atoms with Gasteiger partial charge in [0, 0.05) is 45.0 Å². The first-order valence-electron chi connectivity index (χ1n) is 7.58. The summed E-state index contributed by atoms with van der Waals surface area (Å²) in [6, 6.07) is 0.702. The zero-order chi connectivity index (χ0) is 14.2. The van der Waals surface area contributed by atoms with Crippen molar-refractivity contribution in [2.75, 3.05) is 31.1 Å². The molecule has 4 rings (SSSR count). The molecule has 1 saturated heterocycles. The Morgan fingerprint density at radius 1 is 1.19 bits per heavy atom. The number of aromatic nitrogens is 4. The summed E-state index contributed by atoms with van der Waals surface area (Å²) in [5.41, 5.74) is 2.21. The molecule has 0 amide bonds. The first-order chi connectivity index (χ1) is 10.3. The fourth-order valence-corrected chi connectivity index (χ4v) is 3.00. The van der Waals surface area contributed by atoms with E-state index in [1.807, 2.05) is 19.4 Å². The van der Waals surface area contributed by atoms with Crippen molar-refractivity contribution in [2.45, 2.75) is 32.4 Å². The standard InChI is InChI=1S/C14H20N6O/c1-11-14(17-21-16-11)19-6-4-18(5-7-19)9-13-8-15-10-20(13)12-2-3-12/h8,10,12H,2-7,9H2,1H3. The predicted molar refractivity (Wildman–Crippen MR) is 77.0 cm³/mol. The fraction of sp³-hybridized carbons (Fsp3) is 0.643. The Kier molecular flexibility index (Phi) is 3.14. The van der Waals surface area contributed by atoms with E-state index in [0.29, 0.717) is 6.04 Å². The minimum Gasteiger partial charge on any atom is -0.350 e. The second-order valence-electron chi connectivity index (χ2n) is 5.96. The van der Waals surface area contributed by atoms with Gasteiger partial charge in [0.2, 0.25) is 0 Å². The van der Waals surface area contributed by atoms with Crippen LogP contribution in [0.1, 0.15) is 30.3 Å². The molecule has 0 N–H and O–H groups in total. The minimum atomic E-state index is 0.702. The summed E-state index contributed by atoms with van der Waals surface area (Å²) >= 11 is 0. The van der Waals surface area contributed by atoms with Crippen molar-refractivity contribution in [3.05, 3.63) is 23.9 Å². The number of anilines is 1. The summed E-state index contributed by atoms with van der Waals surface area (Å²) in [5, 5.41) is 7.85. The van der Waals surface area contributed by atoms with Gasteiger partial charge in [-0.25, -0.2) is 9.61 Å². The van der Waals surface area contributed by atoms with E-state index in [9.17, 15) is 0 Å². The van der Waals surface area contributed by atoms with Crippen LogP contribution < -0.4 is 4.90 Å². The van der Waals surface area contributed by atoms with Gasteiger partial charge in [-0.05, 0) is 24.9 Å². The van der Waals surface area contributed by atoms with Gasteiger partial charge < -0.3 is 9.47 Å². The smallest absolute Gasteiger partial charge is 0.196 e. The number of nitrogens with zero attached hydrogens (tertiary/aromatic N) is 6. The van der Waals surface area contributed by atoms with E-state index < -0.39 is 0 Å². The lowest BCUT2D eigenvalue weighted by molar-refractivity contribution is 0.241. The predicted octanol–water partition coefficient (Wildman–Crippen LogP) is 1.23. The molecule has 2 aromatic rings. The maximum absolute atomic E-state index is 4.79. The quantitative estimate of drug-likeness (QED) is 0.843. The molecule has 7 nitrogen and oxygen atoms in total. The first-order valence-corrected chi connectivity index (χ1v) is 7.58. The van der Waals surface area contributed by atoms with Gasteiger partial charge in [-0.15, -0.1) is 0 Å². The zero-order valence-electron chi connectivity index (χ0n) is 12.3. The van der Waals surface area contributed by atoms with Crippen LogP contribution in [-0.2, 0) is 6.54 Å². The van der Waals surface area contributed by atoms with Crippen LogP contribution in [0, 0.1) is 6.92 Å². The maximum atomic E-state index is 4.79. The number of hydrogen-bond donors (Lipinski definition) is 0. The molecule has 0 radical (unpaired) electrons. The van der Waals surface area contributed by atoms with Gasteiger partial charge in [0.15, 0.2) is 5.82 Å². The molecule has 1 aliphatic heterocycles. The van der Waals surface area contributed by atoms with E-state index in [0.717, 1.165) is 44.2 Å². The molecule has 1 saturated carbocycles. The molecule has 2 aliphatic rings. The number of hydrogen-bond acceptors (Lipinski definition) is 6. The van der Waals surface area contributed by atoms with E-state index in [1.165, 1.54) is 18.5 Å². The molecule has 3 heterocycles. The molecule has 2 fully saturated rings. The summed E-state index contributed by atoms with van der Waals surface area (Å²) in [7, 11) is 0. The summed E-state index contributed by atoms with van der Waals surface area (Å²) < 4.78 is 7.14. The molecule has 7 heteroatoms. The zero-order valence-corrected chi connectivity index (χ0v) is 12.3. The van der Waals surface area contributed by atoms with Crippen LogP contribution in [0.3, 0.4) is 0 Å². The molecule has 1 aliphatic carbocycles. The van der Waals surface area contributed by atoms with Crippen molar-refractivity contribution >= 4 is 5.82 Å². The topological polar surface area (TPSA) is 63.2 Å². The van der Waals surface area contributed by atoms with Gasteiger partial charge in [-0.2, -0.15) is 0 Å². The first kappa shape index (κ1) is 12.8. The van der Waals surface area contributed by atoms with Gasteiger partial charge in [0.25, 0.3) is 0 Å². The van der Waals surface area contributed by atoms with Crippen LogP contribution >= 0.6 is 0 Å². The van der Waals surface area contributed by atoms with E-state index in [-0.39, 0.29) is 0 Å². The van der Waals surface area contributed by atoms with Crippen LogP contribution in [0.25, 0.3) is 0 Å². The Hall–Kier alpha value is -1.89. The highest BCUT2D eigenvalue weighted by Gasteiger charge is 2.27. The molecule has 0 aromatic carbocycles. The van der Waals surface area contributed by atoms with E-state index >= 15 is 0 Å². The number of imidazole rings is 1. The average Bonchev–Trinajstić information content (AvgIpc) is 3.09. The van der Waals surface area contributed by atoms with Crippen molar-refractivity contribution in [3.63, 3.8) is 0 Å². The third-order valence-electron chi connectivity index (χ3n) is 4.37. The lowest BCUT2D eigenvalue weighted by Crippen LogP contribution is -2.46. The molecule has 0 spiro atoms. The molecular weight excluding hydrogens is 268 g/mol. The number of rotatable bonds is 4. The normalized spacial score (nSPS) is 20.1. The van der Waals surface area contributed by atoms with Crippen molar-refractivity contribution in [1.82, 2.24) is 24.8 Å². The second kappa shape index (κ2) is 5.14. The van der Waals surface area contributed by atoms with E-state index in [1.54, 1.807) is 0 Å². The Labute approximate surface area is 123 Å².